The van der Waals surface area contributed by atoms with Crippen molar-refractivity contribution in [1.82, 2.24) is 0 Å². The molecule has 0 unspecified atom stereocenters. The third-order valence-electron chi connectivity index (χ3n) is 6.18. The molecule has 32 heavy (non-hydrogen) atoms. The van der Waals surface area contributed by atoms with Gasteiger partial charge >= 0.3 is 0 Å². The average Bonchev–Trinajstić information content (AvgIpc) is 2.74. The predicted molar refractivity (Wildman–Crippen MR) is 141 cm³/mol. The lowest BCUT2D eigenvalue weighted by molar-refractivity contribution is 0.0886. The lowest BCUT2D eigenvalue weighted by Crippen LogP contribution is -2.36. The van der Waals surface area contributed by atoms with E-state index < -0.39 is 5.60 Å². The van der Waals surface area contributed by atoms with Gasteiger partial charge in [-0.15, -0.1) is 0 Å². The number of likely N-dealkylation sites (N-methyl/N-ethyl adjacent to an activating group) is 1. The summed E-state index contributed by atoms with van der Waals surface area (Å²) in [5, 5.41) is 13.4. The minimum atomic E-state index is -0.661. The molecule has 1 saturated carbocycles. The standard InChI is InChI=1S/C15H23N.C14H23NO/c1-12(2)13-8-10-15(11-9-13)16-14-6-4-3-5-7-14;1-11(2)12-6-8-13(9-7-12)15(5)10-14(3,4)16/h8-12,14,16H,3-7H2,1-2H3;6-9,11,16H,10H2,1-5H3. The van der Waals surface area contributed by atoms with E-state index in [0.29, 0.717) is 24.4 Å². The number of aliphatic hydroxyl groups is 1. The van der Waals surface area contributed by atoms with Crippen molar-refractivity contribution in [3.8, 4) is 0 Å². The molecule has 1 fully saturated rings. The Morgan fingerprint density at radius 2 is 1.31 bits per heavy atom. The molecular formula is C29H46N2O. The first kappa shape index (κ1) is 26.3. The maximum Gasteiger partial charge on any atom is 0.0765 e. The Labute approximate surface area is 197 Å². The maximum absolute atomic E-state index is 9.75. The van der Waals surface area contributed by atoms with Crippen molar-refractivity contribution >= 4 is 11.4 Å². The number of benzene rings is 2. The van der Waals surface area contributed by atoms with Crippen molar-refractivity contribution in [2.75, 3.05) is 23.8 Å². The van der Waals surface area contributed by atoms with Gasteiger partial charge in [-0.1, -0.05) is 71.2 Å². The zero-order chi connectivity index (χ0) is 23.7. The van der Waals surface area contributed by atoms with Crippen LogP contribution >= 0.6 is 0 Å². The molecular weight excluding hydrogens is 392 g/mol. The van der Waals surface area contributed by atoms with Crippen molar-refractivity contribution in [2.24, 2.45) is 0 Å². The summed E-state index contributed by atoms with van der Waals surface area (Å²) in [6, 6.07) is 18.2. The fourth-order valence-corrected chi connectivity index (χ4v) is 4.23. The highest BCUT2D eigenvalue weighted by molar-refractivity contribution is 5.48. The number of nitrogens with one attached hydrogen (secondary N) is 1. The lowest BCUT2D eigenvalue weighted by atomic mass is 9.95. The van der Waals surface area contributed by atoms with Crippen LogP contribution in [-0.2, 0) is 0 Å². The molecule has 0 saturated heterocycles. The molecule has 0 aromatic heterocycles. The summed E-state index contributed by atoms with van der Waals surface area (Å²) >= 11 is 0. The van der Waals surface area contributed by atoms with Crippen LogP contribution < -0.4 is 10.2 Å². The van der Waals surface area contributed by atoms with Crippen LogP contribution in [-0.4, -0.2) is 30.3 Å². The minimum Gasteiger partial charge on any atom is -0.389 e. The number of hydrogen-bond donors (Lipinski definition) is 2. The van der Waals surface area contributed by atoms with Crippen molar-refractivity contribution in [3.63, 3.8) is 0 Å². The number of hydrogen-bond acceptors (Lipinski definition) is 3. The summed E-state index contributed by atoms with van der Waals surface area (Å²) in [7, 11) is 2.00. The Hall–Kier alpha value is -2.00. The third kappa shape index (κ3) is 9.24. The highest BCUT2D eigenvalue weighted by Crippen LogP contribution is 2.23. The SMILES string of the molecule is CC(C)c1ccc(N(C)CC(C)(C)O)cc1.CC(C)c1ccc(NC2CCCCC2)cc1. The van der Waals surface area contributed by atoms with Crippen molar-refractivity contribution in [2.45, 2.75) is 97.1 Å². The smallest absolute Gasteiger partial charge is 0.0765 e. The van der Waals surface area contributed by atoms with E-state index in [4.69, 9.17) is 0 Å². The first-order chi connectivity index (χ1) is 15.0. The molecule has 0 spiro atoms. The molecule has 0 aliphatic heterocycles. The molecule has 0 amide bonds. The van der Waals surface area contributed by atoms with E-state index in [1.165, 1.54) is 48.9 Å². The fourth-order valence-electron chi connectivity index (χ4n) is 4.23. The molecule has 2 aromatic rings. The van der Waals surface area contributed by atoms with Crippen LogP contribution in [0.2, 0.25) is 0 Å². The molecule has 1 aliphatic carbocycles. The largest absolute Gasteiger partial charge is 0.389 e. The molecule has 2 N–H and O–H groups in total. The van der Waals surface area contributed by atoms with E-state index in [2.05, 4.69) is 86.4 Å². The monoisotopic (exact) mass is 438 g/mol. The van der Waals surface area contributed by atoms with Gasteiger partial charge in [0.05, 0.1) is 5.60 Å². The third-order valence-corrected chi connectivity index (χ3v) is 6.18. The molecule has 1 aliphatic rings. The van der Waals surface area contributed by atoms with E-state index in [1.54, 1.807) is 0 Å². The highest BCUT2D eigenvalue weighted by atomic mass is 16.3. The van der Waals surface area contributed by atoms with Crippen LogP contribution in [0.1, 0.15) is 96.6 Å². The van der Waals surface area contributed by atoms with Gasteiger partial charge in [-0.2, -0.15) is 0 Å². The van der Waals surface area contributed by atoms with Crippen LogP contribution in [0.4, 0.5) is 11.4 Å². The number of nitrogens with zero attached hydrogens (tertiary/aromatic N) is 1. The van der Waals surface area contributed by atoms with E-state index in [9.17, 15) is 5.11 Å². The molecule has 3 nitrogen and oxygen atoms in total. The minimum absolute atomic E-state index is 0.564. The Kier molecular flexibility index (Phi) is 10.1. The second-order valence-electron chi connectivity index (χ2n) is 10.7. The van der Waals surface area contributed by atoms with Crippen LogP contribution in [0.3, 0.4) is 0 Å². The van der Waals surface area contributed by atoms with Gasteiger partial charge in [0, 0.05) is 31.0 Å². The molecule has 178 valence electrons. The molecule has 3 rings (SSSR count). The van der Waals surface area contributed by atoms with Crippen molar-refractivity contribution in [3.05, 3.63) is 59.7 Å². The second-order valence-corrected chi connectivity index (χ2v) is 10.7. The first-order valence-electron chi connectivity index (χ1n) is 12.4. The van der Waals surface area contributed by atoms with Gasteiger partial charge in [0.25, 0.3) is 0 Å². The second kappa shape index (κ2) is 12.3. The lowest BCUT2D eigenvalue weighted by Gasteiger charge is -2.27. The normalized spacial score (nSPS) is 14.8. The molecule has 0 bridgehead atoms. The Morgan fingerprint density at radius 3 is 1.75 bits per heavy atom. The summed E-state index contributed by atoms with van der Waals surface area (Å²) < 4.78 is 0. The Bertz CT molecular complexity index is 766. The van der Waals surface area contributed by atoms with E-state index in [-0.39, 0.29) is 0 Å². The Morgan fingerprint density at radius 1 is 0.844 bits per heavy atom. The van der Waals surface area contributed by atoms with Gasteiger partial charge in [0.15, 0.2) is 0 Å². The topological polar surface area (TPSA) is 35.5 Å². The zero-order valence-corrected chi connectivity index (χ0v) is 21.5. The van der Waals surface area contributed by atoms with Crippen LogP contribution in [0.25, 0.3) is 0 Å². The number of rotatable bonds is 7. The molecule has 0 atom stereocenters. The summed E-state index contributed by atoms with van der Waals surface area (Å²) in [4.78, 5) is 2.07. The van der Waals surface area contributed by atoms with Crippen molar-refractivity contribution in [1.29, 1.82) is 0 Å². The van der Waals surface area contributed by atoms with Crippen LogP contribution in [0.5, 0.6) is 0 Å². The molecule has 3 heteroatoms. The van der Waals surface area contributed by atoms with Gasteiger partial charge in [0.1, 0.15) is 0 Å². The van der Waals surface area contributed by atoms with Crippen LogP contribution in [0.15, 0.2) is 48.5 Å². The zero-order valence-electron chi connectivity index (χ0n) is 21.5. The first-order valence-corrected chi connectivity index (χ1v) is 12.4. The van der Waals surface area contributed by atoms with Gasteiger partial charge < -0.3 is 15.3 Å². The summed E-state index contributed by atoms with van der Waals surface area (Å²) in [5.41, 5.74) is 4.54. The predicted octanol–water partition coefficient (Wildman–Crippen LogP) is 7.57. The van der Waals surface area contributed by atoms with E-state index >= 15 is 0 Å². The summed E-state index contributed by atoms with van der Waals surface area (Å²) in [6.45, 7) is 13.1. The molecule has 2 aromatic carbocycles. The highest BCUT2D eigenvalue weighted by Gasteiger charge is 2.16. The summed E-state index contributed by atoms with van der Waals surface area (Å²) in [6.07, 6.45) is 6.88. The quantitative estimate of drug-likeness (QED) is 0.468. The van der Waals surface area contributed by atoms with E-state index in [1.807, 2.05) is 20.9 Å². The average molecular weight is 439 g/mol. The summed E-state index contributed by atoms with van der Waals surface area (Å²) in [5.74, 6) is 1.19. The van der Waals surface area contributed by atoms with Crippen molar-refractivity contribution < 1.29 is 5.11 Å². The van der Waals surface area contributed by atoms with Crippen LogP contribution in [0, 0.1) is 0 Å². The molecule has 0 heterocycles. The van der Waals surface area contributed by atoms with Gasteiger partial charge in [-0.05, 0) is 73.9 Å². The van der Waals surface area contributed by atoms with Gasteiger partial charge in [0.2, 0.25) is 0 Å². The van der Waals surface area contributed by atoms with E-state index in [0.717, 1.165) is 5.69 Å². The maximum atomic E-state index is 9.75. The number of anilines is 2. The van der Waals surface area contributed by atoms with Gasteiger partial charge in [-0.25, -0.2) is 0 Å². The fraction of sp³-hybridized carbons (Fsp3) is 0.586. The van der Waals surface area contributed by atoms with Gasteiger partial charge in [-0.3, -0.25) is 0 Å². The molecule has 0 radical (unpaired) electrons. The Balaban J connectivity index is 0.000000227.